The highest BCUT2D eigenvalue weighted by molar-refractivity contribution is 7.91. The molecule has 1 rings (SSSR count). The van der Waals surface area contributed by atoms with Crippen LogP contribution in [0.4, 0.5) is 0 Å². The summed E-state index contributed by atoms with van der Waals surface area (Å²) in [5.74, 6) is 0.686. The molecular formula is C12H25NO3S. The van der Waals surface area contributed by atoms with Crippen molar-refractivity contribution < 1.29 is 13.5 Å². The van der Waals surface area contributed by atoms with E-state index < -0.39 is 15.9 Å². The fourth-order valence-electron chi connectivity index (χ4n) is 2.27. The zero-order chi connectivity index (χ0) is 13.1. The summed E-state index contributed by atoms with van der Waals surface area (Å²) in [5, 5.41) is 12.9. The van der Waals surface area contributed by atoms with Gasteiger partial charge in [0.1, 0.15) is 0 Å². The van der Waals surface area contributed by atoms with Crippen molar-refractivity contribution in [3.8, 4) is 0 Å². The van der Waals surface area contributed by atoms with Gasteiger partial charge in [0.15, 0.2) is 9.84 Å². The number of rotatable bonds is 6. The Kier molecular flexibility index (Phi) is 5.41. The Labute approximate surface area is 105 Å². The monoisotopic (exact) mass is 263 g/mol. The summed E-state index contributed by atoms with van der Waals surface area (Å²) in [4.78, 5) is 0. The van der Waals surface area contributed by atoms with Gasteiger partial charge in [-0.25, -0.2) is 8.42 Å². The lowest BCUT2D eigenvalue weighted by Crippen LogP contribution is -2.43. The number of nitrogens with one attached hydrogen (secondary N) is 1. The van der Waals surface area contributed by atoms with Gasteiger partial charge in [0.05, 0.1) is 17.6 Å². The zero-order valence-electron chi connectivity index (χ0n) is 11.0. The third-order valence-electron chi connectivity index (χ3n) is 3.24. The Bertz CT molecular complexity index is 327. The van der Waals surface area contributed by atoms with Crippen molar-refractivity contribution in [2.75, 3.05) is 11.5 Å². The van der Waals surface area contributed by atoms with Gasteiger partial charge in [0.2, 0.25) is 0 Å². The van der Waals surface area contributed by atoms with Crippen LogP contribution in [0.3, 0.4) is 0 Å². The fraction of sp³-hybridized carbons (Fsp3) is 1.00. The first-order valence-corrected chi connectivity index (χ1v) is 8.27. The van der Waals surface area contributed by atoms with E-state index in [0.717, 1.165) is 12.8 Å². The Hall–Kier alpha value is -0.130. The van der Waals surface area contributed by atoms with Crippen LogP contribution in [-0.2, 0) is 9.84 Å². The molecule has 0 radical (unpaired) electrons. The van der Waals surface area contributed by atoms with E-state index >= 15 is 0 Å². The van der Waals surface area contributed by atoms with Gasteiger partial charge in [0.25, 0.3) is 0 Å². The van der Waals surface area contributed by atoms with Crippen molar-refractivity contribution in [3.63, 3.8) is 0 Å². The van der Waals surface area contributed by atoms with Crippen LogP contribution in [0.2, 0.25) is 0 Å². The second-order valence-electron chi connectivity index (χ2n) is 5.64. The van der Waals surface area contributed by atoms with Gasteiger partial charge in [-0.3, -0.25) is 0 Å². The highest BCUT2D eigenvalue weighted by Gasteiger charge is 2.36. The van der Waals surface area contributed by atoms with Crippen LogP contribution < -0.4 is 5.32 Å². The maximum Gasteiger partial charge on any atom is 0.154 e. The lowest BCUT2D eigenvalue weighted by atomic mass is 10.0. The SMILES string of the molecule is CC(C)CCC[C@H](C)N[C@@H]1CS(=O)(=O)C[C@H]1O. The van der Waals surface area contributed by atoms with Crippen LogP contribution in [0.5, 0.6) is 0 Å². The van der Waals surface area contributed by atoms with Gasteiger partial charge >= 0.3 is 0 Å². The maximum atomic E-state index is 11.3. The van der Waals surface area contributed by atoms with Crippen molar-refractivity contribution in [2.24, 2.45) is 5.92 Å². The van der Waals surface area contributed by atoms with Crippen LogP contribution in [0.15, 0.2) is 0 Å². The number of aliphatic hydroxyl groups excluding tert-OH is 1. The Morgan fingerprint density at radius 3 is 2.35 bits per heavy atom. The smallest absolute Gasteiger partial charge is 0.154 e. The Morgan fingerprint density at radius 1 is 1.24 bits per heavy atom. The first kappa shape index (κ1) is 14.9. The first-order valence-electron chi connectivity index (χ1n) is 6.44. The van der Waals surface area contributed by atoms with E-state index in [1.165, 1.54) is 6.42 Å². The van der Waals surface area contributed by atoms with E-state index in [9.17, 15) is 13.5 Å². The number of aliphatic hydroxyl groups is 1. The Balaban J connectivity index is 2.29. The average Bonchev–Trinajstić information content (AvgIpc) is 2.38. The third kappa shape index (κ3) is 5.36. The predicted octanol–water partition coefficient (Wildman–Crippen LogP) is 0.949. The Morgan fingerprint density at radius 2 is 1.88 bits per heavy atom. The van der Waals surface area contributed by atoms with Crippen LogP contribution in [0.1, 0.15) is 40.0 Å². The molecule has 5 heteroatoms. The predicted molar refractivity (Wildman–Crippen MR) is 69.7 cm³/mol. The second kappa shape index (κ2) is 6.16. The number of sulfone groups is 1. The molecule has 0 unspecified atom stereocenters. The van der Waals surface area contributed by atoms with Gasteiger partial charge in [-0.15, -0.1) is 0 Å². The van der Waals surface area contributed by atoms with Gasteiger partial charge in [-0.2, -0.15) is 0 Å². The highest BCUT2D eigenvalue weighted by atomic mass is 32.2. The molecule has 0 aromatic carbocycles. The van der Waals surface area contributed by atoms with Crippen molar-refractivity contribution in [1.82, 2.24) is 5.32 Å². The van der Waals surface area contributed by atoms with Crippen molar-refractivity contribution in [1.29, 1.82) is 0 Å². The number of hydrogen-bond acceptors (Lipinski definition) is 4. The summed E-state index contributed by atoms with van der Waals surface area (Å²) in [6, 6.07) is -0.0178. The minimum atomic E-state index is -3.04. The molecule has 0 amide bonds. The normalized spacial score (nSPS) is 29.7. The molecule has 0 spiro atoms. The summed E-state index contributed by atoms with van der Waals surface area (Å²) in [6.45, 7) is 6.45. The molecule has 0 saturated carbocycles. The molecule has 4 nitrogen and oxygen atoms in total. The minimum Gasteiger partial charge on any atom is -0.390 e. The number of hydrogen-bond donors (Lipinski definition) is 2. The minimum absolute atomic E-state index is 0.0721. The fourth-order valence-corrected chi connectivity index (χ4v) is 4.02. The van der Waals surface area contributed by atoms with Crippen LogP contribution >= 0.6 is 0 Å². The second-order valence-corrected chi connectivity index (χ2v) is 7.80. The molecule has 1 aliphatic rings. The summed E-state index contributed by atoms with van der Waals surface area (Å²) in [6.07, 6.45) is 2.62. The van der Waals surface area contributed by atoms with Crippen molar-refractivity contribution in [2.45, 2.75) is 58.2 Å². The highest BCUT2D eigenvalue weighted by Crippen LogP contribution is 2.15. The van der Waals surface area contributed by atoms with E-state index in [2.05, 4.69) is 26.1 Å². The van der Waals surface area contributed by atoms with Crippen molar-refractivity contribution >= 4 is 9.84 Å². The van der Waals surface area contributed by atoms with E-state index in [1.54, 1.807) is 0 Å². The van der Waals surface area contributed by atoms with Gasteiger partial charge < -0.3 is 10.4 Å². The van der Waals surface area contributed by atoms with Gasteiger partial charge in [-0.1, -0.05) is 26.7 Å². The third-order valence-corrected chi connectivity index (χ3v) is 4.96. The van der Waals surface area contributed by atoms with Gasteiger partial charge in [-0.05, 0) is 19.3 Å². The molecule has 0 aromatic rings. The summed E-state index contributed by atoms with van der Waals surface area (Å²) in [7, 11) is -3.04. The standard InChI is InChI=1S/C12H25NO3S/c1-9(2)5-4-6-10(3)13-11-7-17(15,16)8-12(11)14/h9-14H,4-8H2,1-3H3/t10-,11+,12+/m0/s1. The lowest BCUT2D eigenvalue weighted by Gasteiger charge is -2.21. The van der Waals surface area contributed by atoms with Crippen molar-refractivity contribution in [3.05, 3.63) is 0 Å². The van der Waals surface area contributed by atoms with Crippen LogP contribution in [-0.4, -0.2) is 43.2 Å². The summed E-state index contributed by atoms with van der Waals surface area (Å²) < 4.78 is 22.7. The summed E-state index contributed by atoms with van der Waals surface area (Å²) in [5.41, 5.74) is 0. The van der Waals surface area contributed by atoms with E-state index in [-0.39, 0.29) is 23.6 Å². The molecular weight excluding hydrogens is 238 g/mol. The molecule has 1 fully saturated rings. The molecule has 102 valence electrons. The topological polar surface area (TPSA) is 66.4 Å². The molecule has 3 atom stereocenters. The quantitative estimate of drug-likeness (QED) is 0.749. The molecule has 0 aromatic heterocycles. The molecule has 0 bridgehead atoms. The summed E-state index contributed by atoms with van der Waals surface area (Å²) >= 11 is 0. The average molecular weight is 263 g/mol. The molecule has 0 aliphatic carbocycles. The maximum absolute atomic E-state index is 11.3. The van der Waals surface area contributed by atoms with Gasteiger partial charge in [0, 0.05) is 12.1 Å². The zero-order valence-corrected chi connectivity index (χ0v) is 11.8. The lowest BCUT2D eigenvalue weighted by molar-refractivity contribution is 0.159. The van der Waals surface area contributed by atoms with Crippen LogP contribution in [0.25, 0.3) is 0 Å². The molecule has 1 aliphatic heterocycles. The molecule has 1 saturated heterocycles. The molecule has 17 heavy (non-hydrogen) atoms. The largest absolute Gasteiger partial charge is 0.390 e. The first-order chi connectivity index (χ1) is 7.80. The van der Waals surface area contributed by atoms with E-state index in [1.807, 2.05) is 0 Å². The van der Waals surface area contributed by atoms with Crippen LogP contribution in [0, 0.1) is 5.92 Å². The van der Waals surface area contributed by atoms with E-state index in [4.69, 9.17) is 0 Å². The van der Waals surface area contributed by atoms with E-state index in [0.29, 0.717) is 5.92 Å². The molecule has 2 N–H and O–H groups in total. The molecule has 1 heterocycles.